The molecule has 0 aromatic rings. The number of allylic oxidation sites excluding steroid dienone is 1. The quantitative estimate of drug-likeness (QED) is 0.216. The number of hydrogen-bond acceptors (Lipinski definition) is 8. The van der Waals surface area contributed by atoms with Crippen LogP contribution in [0.4, 0.5) is 8.78 Å². The second-order valence-electron chi connectivity index (χ2n) is 6.17. The van der Waals surface area contributed by atoms with Crippen LogP contribution in [0, 0.1) is 10.8 Å². The summed E-state index contributed by atoms with van der Waals surface area (Å²) in [5.74, 6) is -9.45. The third-order valence-electron chi connectivity index (χ3n) is 4.06. The second-order valence-corrected chi connectivity index (χ2v) is 6.17. The van der Waals surface area contributed by atoms with Crippen molar-refractivity contribution in [1.29, 1.82) is 0 Å². The van der Waals surface area contributed by atoms with Gasteiger partial charge in [-0.2, -0.15) is 0 Å². The molecule has 10 heteroatoms. The molecule has 0 aliphatic heterocycles. The van der Waals surface area contributed by atoms with Gasteiger partial charge >= 0.3 is 23.9 Å². The van der Waals surface area contributed by atoms with E-state index in [4.69, 9.17) is 9.47 Å². The Labute approximate surface area is 168 Å². The molecule has 0 heterocycles. The molecule has 29 heavy (non-hydrogen) atoms. The van der Waals surface area contributed by atoms with Gasteiger partial charge in [-0.1, -0.05) is 6.08 Å². The standard InChI is InChI=1S/C19H28F2O8/c1-7-26-13(22)17(5,14(23)27-8-2)11-12-19(20,21)18(6,15(24)28-9-3)16(25)29-10-4/h11-12H,7-10H2,1-6H3/b12-11+. The van der Waals surface area contributed by atoms with E-state index in [0.29, 0.717) is 13.0 Å². The van der Waals surface area contributed by atoms with Crippen molar-refractivity contribution in [3.63, 3.8) is 0 Å². The van der Waals surface area contributed by atoms with Crippen molar-refractivity contribution in [3.8, 4) is 0 Å². The molecule has 8 nitrogen and oxygen atoms in total. The summed E-state index contributed by atoms with van der Waals surface area (Å²) in [5.41, 5.74) is -5.26. The van der Waals surface area contributed by atoms with E-state index in [9.17, 15) is 19.2 Å². The van der Waals surface area contributed by atoms with Crippen molar-refractivity contribution in [2.24, 2.45) is 10.8 Å². The zero-order chi connectivity index (χ0) is 22.9. The van der Waals surface area contributed by atoms with E-state index in [1.54, 1.807) is 0 Å². The summed E-state index contributed by atoms with van der Waals surface area (Å²) in [4.78, 5) is 48.8. The monoisotopic (exact) mass is 422 g/mol. The van der Waals surface area contributed by atoms with Crippen LogP contribution in [-0.2, 0) is 38.1 Å². The van der Waals surface area contributed by atoms with E-state index < -0.39 is 40.6 Å². The first-order valence-electron chi connectivity index (χ1n) is 9.15. The summed E-state index contributed by atoms with van der Waals surface area (Å²) in [5, 5.41) is 0. The zero-order valence-corrected chi connectivity index (χ0v) is 17.5. The van der Waals surface area contributed by atoms with Gasteiger partial charge in [0.05, 0.1) is 26.4 Å². The third kappa shape index (κ3) is 5.74. The average Bonchev–Trinajstić information content (AvgIpc) is 2.65. The van der Waals surface area contributed by atoms with Crippen molar-refractivity contribution in [2.45, 2.75) is 47.5 Å². The molecule has 0 aliphatic rings. The molecule has 0 aromatic heterocycles. The maximum atomic E-state index is 15.1. The van der Waals surface area contributed by atoms with Gasteiger partial charge in [-0.15, -0.1) is 0 Å². The molecule has 0 bridgehead atoms. The molecule has 0 amide bonds. The van der Waals surface area contributed by atoms with Crippen LogP contribution < -0.4 is 0 Å². The van der Waals surface area contributed by atoms with Crippen molar-refractivity contribution in [2.75, 3.05) is 26.4 Å². The van der Waals surface area contributed by atoms with Crippen LogP contribution in [0.25, 0.3) is 0 Å². The largest absolute Gasteiger partial charge is 0.465 e. The van der Waals surface area contributed by atoms with E-state index in [0.717, 1.165) is 6.92 Å². The lowest BCUT2D eigenvalue weighted by Gasteiger charge is -2.31. The number of hydrogen-bond donors (Lipinski definition) is 0. The maximum absolute atomic E-state index is 15.1. The second kappa shape index (κ2) is 10.9. The van der Waals surface area contributed by atoms with Gasteiger partial charge in [-0.3, -0.25) is 19.2 Å². The average molecular weight is 422 g/mol. The summed E-state index contributed by atoms with van der Waals surface area (Å²) < 4.78 is 48.9. The molecule has 0 aromatic carbocycles. The van der Waals surface area contributed by atoms with Crippen LogP contribution in [0.3, 0.4) is 0 Å². The van der Waals surface area contributed by atoms with Crippen LogP contribution in [0.2, 0.25) is 0 Å². The van der Waals surface area contributed by atoms with Gasteiger partial charge in [-0.25, -0.2) is 8.78 Å². The molecule has 0 N–H and O–H groups in total. The highest BCUT2D eigenvalue weighted by atomic mass is 19.3. The molecular weight excluding hydrogens is 394 g/mol. The van der Waals surface area contributed by atoms with Gasteiger partial charge in [0.15, 0.2) is 5.41 Å². The van der Waals surface area contributed by atoms with Crippen molar-refractivity contribution in [1.82, 2.24) is 0 Å². The van der Waals surface area contributed by atoms with Crippen LogP contribution in [0.15, 0.2) is 12.2 Å². The predicted molar refractivity (Wildman–Crippen MR) is 96.8 cm³/mol. The molecule has 0 rings (SSSR count). The van der Waals surface area contributed by atoms with Gasteiger partial charge < -0.3 is 18.9 Å². The van der Waals surface area contributed by atoms with E-state index in [1.807, 2.05) is 0 Å². The Bertz CT molecular complexity index is 606. The van der Waals surface area contributed by atoms with Crippen LogP contribution in [0.1, 0.15) is 41.5 Å². The minimum absolute atomic E-state index is 0.110. The molecule has 166 valence electrons. The minimum Gasteiger partial charge on any atom is -0.465 e. The lowest BCUT2D eigenvalue weighted by molar-refractivity contribution is -0.191. The molecule has 0 saturated heterocycles. The van der Waals surface area contributed by atoms with Crippen LogP contribution >= 0.6 is 0 Å². The number of esters is 4. The van der Waals surface area contributed by atoms with Crippen molar-refractivity contribution >= 4 is 23.9 Å². The van der Waals surface area contributed by atoms with E-state index in [1.165, 1.54) is 27.7 Å². The van der Waals surface area contributed by atoms with Gasteiger partial charge in [0, 0.05) is 0 Å². The molecule has 0 saturated carbocycles. The van der Waals surface area contributed by atoms with Crippen molar-refractivity contribution < 1.29 is 46.9 Å². The highest BCUT2D eigenvalue weighted by Gasteiger charge is 2.62. The number of carbonyl (C=O) groups is 4. The minimum atomic E-state index is -4.17. The summed E-state index contributed by atoms with van der Waals surface area (Å²) in [7, 11) is 0. The highest BCUT2D eigenvalue weighted by molar-refractivity contribution is 6.03. The van der Waals surface area contributed by atoms with E-state index in [2.05, 4.69) is 9.47 Å². The molecule has 0 spiro atoms. The Morgan fingerprint density at radius 2 is 0.966 bits per heavy atom. The van der Waals surface area contributed by atoms with Gasteiger partial charge in [0.25, 0.3) is 5.92 Å². The third-order valence-corrected chi connectivity index (χ3v) is 4.06. The lowest BCUT2D eigenvalue weighted by atomic mass is 9.80. The van der Waals surface area contributed by atoms with E-state index >= 15 is 8.78 Å². The summed E-state index contributed by atoms with van der Waals surface area (Å²) in [6.07, 6.45) is 0.675. The number of halogens is 2. The van der Waals surface area contributed by atoms with Crippen LogP contribution in [-0.4, -0.2) is 56.2 Å². The Balaban J connectivity index is 6.28. The molecule has 0 unspecified atom stereocenters. The fourth-order valence-corrected chi connectivity index (χ4v) is 2.13. The molecule has 0 atom stereocenters. The maximum Gasteiger partial charge on any atom is 0.329 e. The Morgan fingerprint density at radius 1 is 0.655 bits per heavy atom. The van der Waals surface area contributed by atoms with Gasteiger partial charge in [0.2, 0.25) is 5.41 Å². The smallest absolute Gasteiger partial charge is 0.329 e. The Hall–Kier alpha value is -2.52. The first-order chi connectivity index (χ1) is 13.4. The fraction of sp³-hybridized carbons (Fsp3) is 0.684. The first kappa shape index (κ1) is 26.5. The van der Waals surface area contributed by atoms with E-state index in [-0.39, 0.29) is 32.5 Å². The number of rotatable bonds is 11. The number of ether oxygens (including phenoxy) is 4. The fourth-order valence-electron chi connectivity index (χ4n) is 2.13. The topological polar surface area (TPSA) is 105 Å². The Kier molecular flexibility index (Phi) is 9.93. The SMILES string of the molecule is CCOC(=O)C(C)(/C=C/C(F)(F)C(C)(C(=O)OCC)C(=O)OCC)C(=O)OCC. The lowest BCUT2D eigenvalue weighted by Crippen LogP contribution is -2.52. The molecule has 0 radical (unpaired) electrons. The van der Waals surface area contributed by atoms with Gasteiger partial charge in [-0.05, 0) is 47.6 Å². The molecule has 0 fully saturated rings. The van der Waals surface area contributed by atoms with Gasteiger partial charge in [0.1, 0.15) is 0 Å². The van der Waals surface area contributed by atoms with Crippen LogP contribution in [0.5, 0.6) is 0 Å². The highest BCUT2D eigenvalue weighted by Crippen LogP contribution is 2.41. The molecular formula is C19H28F2O8. The number of alkyl halides is 2. The predicted octanol–water partition coefficient (Wildman–Crippen LogP) is 2.44. The number of carbonyl (C=O) groups excluding carboxylic acids is 4. The zero-order valence-electron chi connectivity index (χ0n) is 17.5. The van der Waals surface area contributed by atoms with Crippen molar-refractivity contribution in [3.05, 3.63) is 12.2 Å². The first-order valence-corrected chi connectivity index (χ1v) is 9.15. The molecule has 0 aliphatic carbocycles. The Morgan fingerprint density at radius 3 is 1.28 bits per heavy atom. The normalized spacial score (nSPS) is 12.4. The summed E-state index contributed by atoms with van der Waals surface area (Å²) >= 11 is 0. The summed E-state index contributed by atoms with van der Waals surface area (Å²) in [6, 6.07) is 0. The summed E-state index contributed by atoms with van der Waals surface area (Å²) in [6.45, 7) is 6.69.